The van der Waals surface area contributed by atoms with Crippen LogP contribution in [-0.2, 0) is 50.5 Å². The van der Waals surface area contributed by atoms with Gasteiger partial charge < -0.3 is 119 Å². The van der Waals surface area contributed by atoms with Crippen LogP contribution in [0.1, 0.15) is 0 Å². The molecule has 0 unspecified atom stereocenters. The molecular formula is C12H24N4S8Sn. The monoisotopic (exact) mass is 600 g/mol. The van der Waals surface area contributed by atoms with Crippen molar-refractivity contribution in [1.82, 2.24) is 19.6 Å². The molecule has 0 aliphatic carbocycles. The molecule has 0 aromatic rings. The van der Waals surface area contributed by atoms with E-state index < -0.39 is 0 Å². The van der Waals surface area contributed by atoms with Gasteiger partial charge in [0, 0.05) is 56.4 Å². The molecule has 13 heteroatoms. The number of nitrogens with zero attached hydrogens (tertiary/aromatic N) is 4. The Morgan fingerprint density at radius 3 is 0.480 bits per heavy atom. The first-order chi connectivity index (χ1) is 10.6. The summed E-state index contributed by atoms with van der Waals surface area (Å²) in [6, 6.07) is 0. The fourth-order valence-corrected chi connectivity index (χ4v) is 0. The van der Waals surface area contributed by atoms with Crippen LogP contribution in [0.5, 0.6) is 0 Å². The number of hydrogen-bond acceptors (Lipinski definition) is 8. The molecule has 0 rings (SSSR count). The van der Waals surface area contributed by atoms with Gasteiger partial charge in [-0.2, -0.15) is 0 Å². The van der Waals surface area contributed by atoms with Gasteiger partial charge in [0.15, 0.2) is 0 Å². The van der Waals surface area contributed by atoms with Crippen molar-refractivity contribution >= 4 is 141 Å². The van der Waals surface area contributed by atoms with Crippen molar-refractivity contribution in [3.05, 3.63) is 0 Å². The third-order valence-corrected chi connectivity index (χ3v) is 4.38. The molecule has 0 aromatic carbocycles. The van der Waals surface area contributed by atoms with Crippen LogP contribution in [0.25, 0.3) is 0 Å². The summed E-state index contributed by atoms with van der Waals surface area (Å²) in [5, 5.41) is 0. The molecule has 0 bridgehead atoms. The zero-order chi connectivity index (χ0) is 20.6. The smallest absolute Gasteiger partial charge is 0.411 e. The second kappa shape index (κ2) is 23.3. The van der Waals surface area contributed by atoms with E-state index in [2.05, 4.69) is 99.4 Å². The largest absolute Gasteiger partial charge is 4.00 e. The van der Waals surface area contributed by atoms with E-state index in [1.165, 1.54) is 0 Å². The fraction of sp³-hybridized carbons (Fsp3) is 0.667. The molecule has 0 saturated carbocycles. The molecule has 0 heterocycles. The predicted molar refractivity (Wildman–Crippen MR) is 140 cm³/mol. The molecule has 0 aliphatic heterocycles. The third-order valence-electron chi connectivity index (χ3n) is 1.46. The van der Waals surface area contributed by atoms with Gasteiger partial charge in [0.05, 0.1) is 0 Å². The van der Waals surface area contributed by atoms with E-state index >= 15 is 0 Å². The molecule has 0 N–H and O–H groups in total. The van der Waals surface area contributed by atoms with Crippen molar-refractivity contribution in [3.8, 4) is 0 Å². The minimum atomic E-state index is 0. The summed E-state index contributed by atoms with van der Waals surface area (Å²) in [7, 11) is 14.6. The molecule has 0 amide bonds. The van der Waals surface area contributed by atoms with Gasteiger partial charge in [0.2, 0.25) is 0 Å². The van der Waals surface area contributed by atoms with Crippen molar-refractivity contribution in [3.63, 3.8) is 0 Å². The van der Waals surface area contributed by atoms with Crippen LogP contribution in [0.4, 0.5) is 0 Å². The van der Waals surface area contributed by atoms with Crippen LogP contribution < -0.4 is 0 Å². The molecule has 0 fully saturated rings. The van der Waals surface area contributed by atoms with Crippen LogP contribution in [0.2, 0.25) is 0 Å². The van der Waals surface area contributed by atoms with E-state index in [0.717, 1.165) is 0 Å². The third kappa shape index (κ3) is 45.9. The van der Waals surface area contributed by atoms with Crippen molar-refractivity contribution in [1.29, 1.82) is 0 Å². The molecule has 0 radical (unpaired) electrons. The maximum Gasteiger partial charge on any atom is 4.00 e. The summed E-state index contributed by atoms with van der Waals surface area (Å²) < 4.78 is 2.04. The summed E-state index contributed by atoms with van der Waals surface area (Å²) >= 11 is 36.5. The maximum absolute atomic E-state index is 4.56. The summed E-state index contributed by atoms with van der Waals surface area (Å²) in [4.78, 5) is 6.85. The van der Waals surface area contributed by atoms with E-state index in [-0.39, 0.29) is 23.9 Å². The van der Waals surface area contributed by atoms with Crippen molar-refractivity contribution < 1.29 is 0 Å². The predicted octanol–water partition coefficient (Wildman–Crippen LogP) is 1.14. The summed E-state index contributed by atoms with van der Waals surface area (Å²) in [5.74, 6) is 0. The first kappa shape index (κ1) is 37.1. The van der Waals surface area contributed by atoms with E-state index in [1.54, 1.807) is 19.6 Å². The molecular weight excluding hydrogens is 575 g/mol. The standard InChI is InChI=1S/4C3H7NS2.Sn/c4*1-4(2)3(5)6;/h4*1-2H3,(H,5,6);/q;;;;+4/p-4. The van der Waals surface area contributed by atoms with Crippen molar-refractivity contribution in [2.45, 2.75) is 0 Å². The number of thiocarbonyl (C=S) groups is 4. The second-order valence-corrected chi connectivity index (χ2v) is 8.77. The topological polar surface area (TPSA) is 13.0 Å². The van der Waals surface area contributed by atoms with Crippen LogP contribution in [0, 0.1) is 0 Å². The average molecular weight is 600 g/mol. The number of hydrogen-bond donors (Lipinski definition) is 0. The molecule has 0 atom stereocenters. The van der Waals surface area contributed by atoms with Crippen LogP contribution in [-0.4, -0.2) is 117 Å². The minimum Gasteiger partial charge on any atom is -0.411 e. The molecule has 144 valence electrons. The maximum atomic E-state index is 4.56. The Bertz CT molecular complexity index is 317. The zero-order valence-corrected chi connectivity index (χ0v) is 24.9. The molecule has 0 spiro atoms. The average Bonchev–Trinajstić information content (AvgIpc) is 2.40. The van der Waals surface area contributed by atoms with Crippen LogP contribution >= 0.6 is 48.9 Å². The van der Waals surface area contributed by atoms with Gasteiger partial charge in [-0.05, 0) is 0 Å². The van der Waals surface area contributed by atoms with Crippen molar-refractivity contribution in [2.75, 3.05) is 56.4 Å². The van der Waals surface area contributed by atoms with Gasteiger partial charge in [-0.15, -0.1) is 0 Å². The fourth-order valence-electron chi connectivity index (χ4n) is 0. The second-order valence-electron chi connectivity index (χ2n) is 4.64. The first-order valence-corrected chi connectivity index (χ1v) is 9.37. The van der Waals surface area contributed by atoms with Crippen LogP contribution in [0.3, 0.4) is 0 Å². The number of rotatable bonds is 0. The summed E-state index contributed by atoms with van der Waals surface area (Å²) in [5.41, 5.74) is 0. The summed E-state index contributed by atoms with van der Waals surface area (Å²) in [6.07, 6.45) is 0. The Hall–Kier alpha value is 1.24. The molecule has 0 aromatic heterocycles. The SMILES string of the molecule is CN(C)C(=S)[S-].CN(C)C(=S)[S-].CN(C)C(=S)[S-].CN(C)C(=S)[S-].[Sn+4]. The van der Waals surface area contributed by atoms with Gasteiger partial charge in [-0.3, -0.25) is 0 Å². The first-order valence-electron chi connectivity index (χ1n) is 6.11. The zero-order valence-electron chi connectivity index (χ0n) is 15.6. The Labute approximate surface area is 214 Å². The van der Waals surface area contributed by atoms with E-state index in [9.17, 15) is 0 Å². The van der Waals surface area contributed by atoms with Gasteiger partial charge in [-0.1, -0.05) is 17.3 Å². The van der Waals surface area contributed by atoms with Gasteiger partial charge in [-0.25, -0.2) is 0 Å². The quantitative estimate of drug-likeness (QED) is 0.225. The van der Waals surface area contributed by atoms with Crippen LogP contribution in [0.15, 0.2) is 0 Å². The molecule has 25 heavy (non-hydrogen) atoms. The van der Waals surface area contributed by atoms with Gasteiger partial charge in [0.25, 0.3) is 0 Å². The van der Waals surface area contributed by atoms with E-state index in [1.807, 2.05) is 56.4 Å². The van der Waals surface area contributed by atoms with Crippen molar-refractivity contribution in [2.24, 2.45) is 0 Å². The molecule has 0 saturated heterocycles. The molecule has 4 nitrogen and oxygen atoms in total. The van der Waals surface area contributed by atoms with Gasteiger partial charge in [0.1, 0.15) is 0 Å². The normalized spacial score (nSPS) is 7.36. The van der Waals surface area contributed by atoms with E-state index in [0.29, 0.717) is 17.3 Å². The van der Waals surface area contributed by atoms with E-state index in [4.69, 9.17) is 0 Å². The van der Waals surface area contributed by atoms with Gasteiger partial charge >= 0.3 is 23.9 Å². The summed E-state index contributed by atoms with van der Waals surface area (Å²) in [6.45, 7) is 0. The Balaban J connectivity index is -0.0000000702. The Morgan fingerprint density at radius 1 is 0.440 bits per heavy atom. The Morgan fingerprint density at radius 2 is 0.480 bits per heavy atom. The molecule has 0 aliphatic rings. The Kier molecular flexibility index (Phi) is 34.5. The minimum absolute atomic E-state index is 0.